The van der Waals surface area contributed by atoms with Gasteiger partial charge in [0.05, 0.1) is 15.6 Å². The van der Waals surface area contributed by atoms with E-state index < -0.39 is 10.0 Å². The smallest absolute Gasteiger partial charge is 0.238 e. The highest BCUT2D eigenvalue weighted by Gasteiger charge is 2.14. The standard InChI is InChI=1S/C17H20ClN3O2S2/c1-9-5-11(3)16(14(18)6-9)21-17(24)20-15-8-13(25(19,22)23)7-10(2)12(15)4/h5-8H,1-4H3,(H2,19,22,23)(H2,20,21,24). The maximum Gasteiger partial charge on any atom is 0.238 e. The van der Waals surface area contributed by atoms with Crippen LogP contribution in [0.15, 0.2) is 29.2 Å². The first-order chi connectivity index (χ1) is 11.5. The van der Waals surface area contributed by atoms with E-state index in [2.05, 4.69) is 10.6 Å². The third-order valence-corrected chi connectivity index (χ3v) is 5.28. The lowest BCUT2D eigenvalue weighted by atomic mass is 10.1. The normalized spacial score (nSPS) is 11.3. The van der Waals surface area contributed by atoms with Crippen molar-refractivity contribution in [1.82, 2.24) is 0 Å². The minimum atomic E-state index is -3.80. The molecule has 0 amide bonds. The first kappa shape index (κ1) is 19.7. The van der Waals surface area contributed by atoms with Crippen molar-refractivity contribution >= 4 is 50.3 Å². The number of halogens is 1. The van der Waals surface area contributed by atoms with Crippen molar-refractivity contribution in [3.05, 3.63) is 51.5 Å². The Morgan fingerprint density at radius 3 is 2.24 bits per heavy atom. The third-order valence-electron chi connectivity index (χ3n) is 3.89. The predicted molar refractivity (Wildman–Crippen MR) is 108 cm³/mol. The Kier molecular flexibility index (Phi) is 5.73. The van der Waals surface area contributed by atoms with Crippen LogP contribution in [0.25, 0.3) is 0 Å². The molecule has 2 rings (SSSR count). The summed E-state index contributed by atoms with van der Waals surface area (Å²) >= 11 is 11.6. The Bertz CT molecular complexity index is 934. The van der Waals surface area contributed by atoms with E-state index in [4.69, 9.17) is 29.0 Å². The van der Waals surface area contributed by atoms with Gasteiger partial charge < -0.3 is 10.6 Å². The molecule has 25 heavy (non-hydrogen) atoms. The monoisotopic (exact) mass is 397 g/mol. The van der Waals surface area contributed by atoms with Gasteiger partial charge in [0.1, 0.15) is 0 Å². The molecular formula is C17H20ClN3O2S2. The van der Waals surface area contributed by atoms with E-state index in [1.165, 1.54) is 12.1 Å². The van der Waals surface area contributed by atoms with Crippen LogP contribution >= 0.6 is 23.8 Å². The second-order valence-electron chi connectivity index (χ2n) is 5.98. The van der Waals surface area contributed by atoms with Gasteiger partial charge in [-0.05, 0) is 80.4 Å². The van der Waals surface area contributed by atoms with E-state index in [0.717, 1.165) is 22.3 Å². The minimum Gasteiger partial charge on any atom is -0.332 e. The van der Waals surface area contributed by atoms with Gasteiger partial charge in [0, 0.05) is 5.69 Å². The number of sulfonamides is 1. The SMILES string of the molecule is Cc1cc(C)c(NC(=S)Nc2cc(S(N)(=O)=O)cc(C)c2C)c(Cl)c1. The molecule has 0 aliphatic heterocycles. The first-order valence-electron chi connectivity index (χ1n) is 7.48. The van der Waals surface area contributed by atoms with Crippen LogP contribution in [0.3, 0.4) is 0 Å². The number of primary sulfonamides is 1. The van der Waals surface area contributed by atoms with Crippen molar-refractivity contribution < 1.29 is 8.42 Å². The molecule has 8 heteroatoms. The van der Waals surface area contributed by atoms with E-state index in [0.29, 0.717) is 21.5 Å². The fourth-order valence-corrected chi connectivity index (χ4v) is 3.67. The fourth-order valence-electron chi connectivity index (χ4n) is 2.46. The molecule has 5 nitrogen and oxygen atoms in total. The Hall–Kier alpha value is -1.67. The molecule has 0 aliphatic carbocycles. The summed E-state index contributed by atoms with van der Waals surface area (Å²) in [6.07, 6.45) is 0. The number of nitrogens with one attached hydrogen (secondary N) is 2. The molecule has 0 aliphatic rings. The Balaban J connectivity index is 2.31. The molecule has 0 atom stereocenters. The zero-order valence-corrected chi connectivity index (χ0v) is 16.8. The van der Waals surface area contributed by atoms with Gasteiger partial charge in [0.2, 0.25) is 10.0 Å². The summed E-state index contributed by atoms with van der Waals surface area (Å²) in [7, 11) is -3.80. The molecule has 0 spiro atoms. The molecule has 0 saturated carbocycles. The summed E-state index contributed by atoms with van der Waals surface area (Å²) < 4.78 is 23.3. The zero-order valence-electron chi connectivity index (χ0n) is 14.4. The zero-order chi connectivity index (χ0) is 18.9. The van der Waals surface area contributed by atoms with Crippen molar-refractivity contribution in [3.63, 3.8) is 0 Å². The van der Waals surface area contributed by atoms with Crippen LogP contribution in [-0.4, -0.2) is 13.5 Å². The maximum absolute atomic E-state index is 11.6. The molecule has 4 N–H and O–H groups in total. The summed E-state index contributed by atoms with van der Waals surface area (Å²) in [5, 5.41) is 12.2. The fraction of sp³-hybridized carbons (Fsp3) is 0.235. The maximum atomic E-state index is 11.6. The molecule has 0 heterocycles. The van der Waals surface area contributed by atoms with Crippen LogP contribution in [-0.2, 0) is 10.0 Å². The van der Waals surface area contributed by atoms with Crippen molar-refractivity contribution in [2.24, 2.45) is 5.14 Å². The molecule has 0 bridgehead atoms. The highest BCUT2D eigenvalue weighted by molar-refractivity contribution is 7.89. The lowest BCUT2D eigenvalue weighted by molar-refractivity contribution is 0.597. The van der Waals surface area contributed by atoms with Gasteiger partial charge in [-0.2, -0.15) is 0 Å². The van der Waals surface area contributed by atoms with E-state index in [1.807, 2.05) is 39.8 Å². The number of benzene rings is 2. The van der Waals surface area contributed by atoms with Gasteiger partial charge in [-0.3, -0.25) is 0 Å². The van der Waals surface area contributed by atoms with Crippen molar-refractivity contribution in [3.8, 4) is 0 Å². The Labute approximate surface area is 158 Å². The van der Waals surface area contributed by atoms with Gasteiger partial charge in [-0.1, -0.05) is 17.7 Å². The van der Waals surface area contributed by atoms with Crippen molar-refractivity contribution in [2.75, 3.05) is 10.6 Å². The number of nitrogens with two attached hydrogens (primary N) is 1. The van der Waals surface area contributed by atoms with Crippen molar-refractivity contribution in [2.45, 2.75) is 32.6 Å². The van der Waals surface area contributed by atoms with Crippen LogP contribution in [0.1, 0.15) is 22.3 Å². The van der Waals surface area contributed by atoms with Gasteiger partial charge in [0.25, 0.3) is 0 Å². The van der Waals surface area contributed by atoms with Crippen molar-refractivity contribution in [1.29, 1.82) is 0 Å². The van der Waals surface area contributed by atoms with E-state index in [-0.39, 0.29) is 4.90 Å². The molecule has 0 radical (unpaired) electrons. The molecule has 0 unspecified atom stereocenters. The van der Waals surface area contributed by atoms with Crippen LogP contribution in [0, 0.1) is 27.7 Å². The highest BCUT2D eigenvalue weighted by atomic mass is 35.5. The third kappa shape index (κ3) is 4.70. The summed E-state index contributed by atoms with van der Waals surface area (Å²) in [6.45, 7) is 7.58. The van der Waals surface area contributed by atoms with Crippen LogP contribution in [0.4, 0.5) is 11.4 Å². The van der Waals surface area contributed by atoms with Gasteiger partial charge in [0.15, 0.2) is 5.11 Å². The summed E-state index contributed by atoms with van der Waals surface area (Å²) in [4.78, 5) is 0.0328. The molecule has 2 aromatic rings. The summed E-state index contributed by atoms with van der Waals surface area (Å²) in [5.41, 5.74) is 4.97. The Morgan fingerprint density at radius 2 is 1.68 bits per heavy atom. The number of thiocarbonyl (C=S) groups is 1. The number of rotatable bonds is 3. The minimum absolute atomic E-state index is 0.0328. The van der Waals surface area contributed by atoms with Gasteiger partial charge >= 0.3 is 0 Å². The van der Waals surface area contributed by atoms with Crippen LogP contribution in [0.5, 0.6) is 0 Å². The van der Waals surface area contributed by atoms with Gasteiger partial charge in [-0.15, -0.1) is 0 Å². The quantitative estimate of drug-likeness (QED) is 0.681. The molecule has 0 fully saturated rings. The molecule has 134 valence electrons. The lowest BCUT2D eigenvalue weighted by Gasteiger charge is -2.17. The van der Waals surface area contributed by atoms with Gasteiger partial charge in [-0.25, -0.2) is 13.6 Å². The van der Waals surface area contributed by atoms with E-state index in [9.17, 15) is 8.42 Å². The molecule has 0 aromatic heterocycles. The lowest BCUT2D eigenvalue weighted by Crippen LogP contribution is -2.21. The first-order valence-corrected chi connectivity index (χ1v) is 9.81. The second kappa shape index (κ2) is 7.29. The topological polar surface area (TPSA) is 84.2 Å². The predicted octanol–water partition coefficient (Wildman–Crippen LogP) is 4.03. The largest absolute Gasteiger partial charge is 0.332 e. The highest BCUT2D eigenvalue weighted by Crippen LogP contribution is 2.28. The number of hydrogen-bond acceptors (Lipinski definition) is 3. The summed E-state index contributed by atoms with van der Waals surface area (Å²) in [6, 6.07) is 6.84. The van der Waals surface area contributed by atoms with E-state index >= 15 is 0 Å². The van der Waals surface area contributed by atoms with Crippen LogP contribution < -0.4 is 15.8 Å². The molecule has 0 saturated heterocycles. The average molecular weight is 398 g/mol. The van der Waals surface area contributed by atoms with Crippen LogP contribution in [0.2, 0.25) is 5.02 Å². The molecule has 2 aromatic carbocycles. The number of aryl methyl sites for hydroxylation is 3. The number of hydrogen-bond donors (Lipinski definition) is 3. The summed E-state index contributed by atoms with van der Waals surface area (Å²) in [5.74, 6) is 0. The second-order valence-corrected chi connectivity index (χ2v) is 8.35. The number of anilines is 2. The molecular weight excluding hydrogens is 378 g/mol. The van der Waals surface area contributed by atoms with E-state index in [1.54, 1.807) is 0 Å². The average Bonchev–Trinajstić information content (AvgIpc) is 2.46. The Morgan fingerprint density at radius 1 is 1.04 bits per heavy atom.